The van der Waals surface area contributed by atoms with Crippen molar-refractivity contribution in [1.82, 2.24) is 5.32 Å². The van der Waals surface area contributed by atoms with Crippen molar-refractivity contribution in [3.8, 4) is 0 Å². The molecule has 3 N–H and O–H groups in total. The summed E-state index contributed by atoms with van der Waals surface area (Å²) in [6.45, 7) is 4.45. The van der Waals surface area contributed by atoms with E-state index in [9.17, 15) is 46.1 Å². The maximum atomic E-state index is 13.8. The van der Waals surface area contributed by atoms with Crippen LogP contribution in [0.5, 0.6) is 0 Å². The van der Waals surface area contributed by atoms with E-state index in [1.54, 1.807) is 0 Å². The molecule has 0 bridgehead atoms. The van der Waals surface area contributed by atoms with Crippen LogP contribution in [0.2, 0.25) is 0 Å². The number of hydrogen-bond donors (Lipinski definition) is 3. The molecule has 0 aromatic rings. The molecule has 1 fully saturated rings. The molecule has 30 heavy (non-hydrogen) atoms. The first-order valence-electron chi connectivity index (χ1n) is 9.18. The summed E-state index contributed by atoms with van der Waals surface area (Å²) in [5.74, 6) is -11.5. The minimum atomic E-state index is -5.85. The van der Waals surface area contributed by atoms with Gasteiger partial charge in [-0.2, -0.15) is 26.3 Å². The van der Waals surface area contributed by atoms with Crippen LogP contribution in [0.1, 0.15) is 34.1 Å². The Morgan fingerprint density at radius 2 is 1.23 bits per heavy atom. The summed E-state index contributed by atoms with van der Waals surface area (Å²) in [4.78, 5) is 24.8. The van der Waals surface area contributed by atoms with Crippen LogP contribution in [0.15, 0.2) is 0 Å². The molecule has 0 radical (unpaired) electrons. The van der Waals surface area contributed by atoms with Gasteiger partial charge in [-0.1, -0.05) is 13.8 Å². The Hall–Kier alpha value is -1.60. The first-order valence-corrected chi connectivity index (χ1v) is 9.18. The van der Waals surface area contributed by atoms with Gasteiger partial charge in [0.15, 0.2) is 0 Å². The van der Waals surface area contributed by atoms with Crippen LogP contribution in [0.4, 0.5) is 26.3 Å². The highest BCUT2D eigenvalue weighted by Gasteiger charge is 2.78. The predicted octanol–water partition coefficient (Wildman–Crippen LogP) is 2.11. The first-order chi connectivity index (χ1) is 13.5. The molecule has 0 saturated carbocycles. The molecule has 1 heterocycles. The molecule has 1 rings (SSSR count). The number of halogens is 6. The molecule has 0 amide bonds. The number of ether oxygens (including phenoxy) is 2. The minimum absolute atomic E-state index is 0.439. The van der Waals surface area contributed by atoms with E-state index in [2.05, 4.69) is 9.47 Å². The number of carbonyl (C=O) groups is 2. The van der Waals surface area contributed by atoms with Gasteiger partial charge in [-0.15, -0.1) is 0 Å². The van der Waals surface area contributed by atoms with Gasteiger partial charge in [0.25, 0.3) is 0 Å². The van der Waals surface area contributed by atoms with Gasteiger partial charge < -0.3 is 19.7 Å². The second kappa shape index (κ2) is 8.87. The van der Waals surface area contributed by atoms with Crippen molar-refractivity contribution in [2.75, 3.05) is 13.2 Å². The molecule has 4 unspecified atom stereocenters. The van der Waals surface area contributed by atoms with Crippen LogP contribution in [0, 0.1) is 23.7 Å². The number of esters is 2. The summed E-state index contributed by atoms with van der Waals surface area (Å²) in [5, 5.41) is 21.4. The fraction of sp³-hybridized carbons (Fsp3) is 0.882. The van der Waals surface area contributed by atoms with Crippen LogP contribution < -0.4 is 5.32 Å². The fourth-order valence-electron chi connectivity index (χ4n) is 3.72. The standard InChI is InChI=1S/C17H25F6NO6/c1-5-29-12(25)10-9(7-8(3)4)11(13(26)30-6-2)15(28,17(21,22)23)24-14(10,27)16(18,19)20/h8-11,24,27-28H,5-7H2,1-4H3. The highest BCUT2D eigenvalue weighted by Crippen LogP contribution is 2.53. The monoisotopic (exact) mass is 453 g/mol. The summed E-state index contributed by atoms with van der Waals surface area (Å²) in [6.07, 6.45) is -12.3. The lowest BCUT2D eigenvalue weighted by Gasteiger charge is -2.54. The highest BCUT2D eigenvalue weighted by atomic mass is 19.4. The molecule has 1 aliphatic heterocycles. The predicted molar refractivity (Wildman–Crippen MR) is 88.3 cm³/mol. The fourth-order valence-corrected chi connectivity index (χ4v) is 3.72. The molecule has 0 aromatic heterocycles. The summed E-state index contributed by atoms with van der Waals surface area (Å²) in [5.41, 5.74) is -9.07. The number of aliphatic hydroxyl groups is 2. The van der Waals surface area contributed by atoms with Gasteiger partial charge in [0.05, 0.1) is 13.2 Å². The minimum Gasteiger partial charge on any atom is -0.466 e. The van der Waals surface area contributed by atoms with Crippen molar-refractivity contribution in [2.24, 2.45) is 23.7 Å². The second-order valence-electron chi connectivity index (χ2n) is 7.41. The summed E-state index contributed by atoms with van der Waals surface area (Å²) >= 11 is 0. The van der Waals surface area contributed by atoms with Crippen LogP contribution in [-0.2, 0) is 19.1 Å². The third kappa shape index (κ3) is 4.67. The van der Waals surface area contributed by atoms with Crippen molar-refractivity contribution in [2.45, 2.75) is 57.9 Å². The van der Waals surface area contributed by atoms with E-state index in [0.717, 1.165) is 5.32 Å². The summed E-state index contributed by atoms with van der Waals surface area (Å²) < 4.78 is 91.8. The molecular weight excluding hydrogens is 428 g/mol. The van der Waals surface area contributed by atoms with E-state index < -0.39 is 79.0 Å². The van der Waals surface area contributed by atoms with Crippen LogP contribution in [0.25, 0.3) is 0 Å². The second-order valence-corrected chi connectivity index (χ2v) is 7.41. The third-order valence-electron chi connectivity index (χ3n) is 4.83. The Morgan fingerprint density at radius 3 is 1.47 bits per heavy atom. The van der Waals surface area contributed by atoms with Crippen molar-refractivity contribution < 1.29 is 55.6 Å². The maximum absolute atomic E-state index is 13.8. The van der Waals surface area contributed by atoms with Gasteiger partial charge in [0.1, 0.15) is 11.8 Å². The maximum Gasteiger partial charge on any atom is 0.431 e. The number of alkyl halides is 6. The van der Waals surface area contributed by atoms with Crippen molar-refractivity contribution in [3.63, 3.8) is 0 Å². The van der Waals surface area contributed by atoms with Gasteiger partial charge in [-0.25, -0.2) is 5.32 Å². The molecule has 0 aromatic carbocycles. The lowest BCUT2D eigenvalue weighted by atomic mass is 9.64. The van der Waals surface area contributed by atoms with Gasteiger partial charge in [0.2, 0.25) is 11.4 Å². The van der Waals surface area contributed by atoms with E-state index in [1.807, 2.05) is 0 Å². The number of rotatable bonds is 6. The van der Waals surface area contributed by atoms with E-state index in [0.29, 0.717) is 0 Å². The number of piperidine rings is 1. The number of nitrogens with one attached hydrogen (secondary N) is 1. The molecule has 4 atom stereocenters. The highest BCUT2D eigenvalue weighted by molar-refractivity contribution is 5.79. The normalized spacial score (nSPS) is 32.8. The Balaban J connectivity index is 3.88. The zero-order chi connectivity index (χ0) is 23.7. The van der Waals surface area contributed by atoms with Crippen LogP contribution in [0.3, 0.4) is 0 Å². The molecule has 13 heteroatoms. The van der Waals surface area contributed by atoms with E-state index >= 15 is 0 Å². The van der Waals surface area contributed by atoms with Crippen LogP contribution in [-0.4, -0.2) is 59.2 Å². The van der Waals surface area contributed by atoms with Crippen molar-refractivity contribution in [3.05, 3.63) is 0 Å². The average Bonchev–Trinajstić information content (AvgIpc) is 2.52. The summed E-state index contributed by atoms with van der Waals surface area (Å²) in [6, 6.07) is 0. The quantitative estimate of drug-likeness (QED) is 0.418. The SMILES string of the molecule is CCOC(=O)C1C(CC(C)C)C(C(=O)OCC)C(O)(C(F)(F)F)NC1(O)C(F)(F)F. The summed E-state index contributed by atoms with van der Waals surface area (Å²) in [7, 11) is 0. The molecule has 0 spiro atoms. The molecule has 0 aliphatic carbocycles. The van der Waals surface area contributed by atoms with Gasteiger partial charge in [-0.05, 0) is 32.1 Å². The topological polar surface area (TPSA) is 105 Å². The lowest BCUT2D eigenvalue weighted by Crippen LogP contribution is -2.82. The van der Waals surface area contributed by atoms with Gasteiger partial charge in [0, 0.05) is 0 Å². The molecule has 1 aliphatic rings. The van der Waals surface area contributed by atoms with E-state index in [1.165, 1.54) is 27.7 Å². The molecular formula is C17H25F6NO6. The molecule has 7 nitrogen and oxygen atoms in total. The lowest BCUT2D eigenvalue weighted by molar-refractivity contribution is -0.382. The Bertz CT molecular complexity index is 591. The average molecular weight is 453 g/mol. The number of hydrogen-bond acceptors (Lipinski definition) is 7. The molecule has 176 valence electrons. The zero-order valence-corrected chi connectivity index (χ0v) is 16.7. The van der Waals surface area contributed by atoms with Gasteiger partial charge in [-0.3, -0.25) is 9.59 Å². The Labute approximate surface area is 168 Å². The Morgan fingerprint density at radius 1 is 0.900 bits per heavy atom. The molecule has 1 saturated heterocycles. The van der Waals surface area contributed by atoms with Crippen molar-refractivity contribution >= 4 is 11.9 Å². The smallest absolute Gasteiger partial charge is 0.431 e. The third-order valence-corrected chi connectivity index (χ3v) is 4.83. The van der Waals surface area contributed by atoms with E-state index in [-0.39, 0.29) is 0 Å². The van der Waals surface area contributed by atoms with Crippen LogP contribution >= 0.6 is 0 Å². The zero-order valence-electron chi connectivity index (χ0n) is 16.7. The van der Waals surface area contributed by atoms with Crippen molar-refractivity contribution in [1.29, 1.82) is 0 Å². The largest absolute Gasteiger partial charge is 0.466 e. The van der Waals surface area contributed by atoms with E-state index in [4.69, 9.17) is 0 Å². The Kier molecular flexibility index (Phi) is 7.82. The van der Waals surface area contributed by atoms with Gasteiger partial charge >= 0.3 is 24.3 Å². The number of carbonyl (C=O) groups excluding carboxylic acids is 2. The first kappa shape index (κ1) is 26.4.